The van der Waals surface area contributed by atoms with Crippen LogP contribution in [-0.4, -0.2) is 23.6 Å². The van der Waals surface area contributed by atoms with Gasteiger partial charge in [-0.25, -0.2) is 5.01 Å². The van der Waals surface area contributed by atoms with Crippen molar-refractivity contribution in [2.75, 3.05) is 7.11 Å². The molecule has 1 saturated carbocycles. The molecule has 1 aliphatic carbocycles. The second-order valence-electron chi connectivity index (χ2n) is 7.08. The molecule has 3 aliphatic rings. The summed E-state index contributed by atoms with van der Waals surface area (Å²) in [4.78, 5) is 0. The van der Waals surface area contributed by atoms with Gasteiger partial charge in [-0.3, -0.25) is 0 Å². The lowest BCUT2D eigenvalue weighted by Gasteiger charge is -2.49. The third kappa shape index (κ3) is 2.18. The zero-order chi connectivity index (χ0) is 16.9. The molecule has 130 valence electrons. The fourth-order valence-corrected chi connectivity index (χ4v) is 4.46. The molecule has 1 fully saturated rings. The van der Waals surface area contributed by atoms with Crippen LogP contribution in [0.5, 0.6) is 11.5 Å². The van der Waals surface area contributed by atoms with E-state index in [-0.39, 0.29) is 11.8 Å². The number of hydrogen-bond acceptors (Lipinski definition) is 5. The maximum absolute atomic E-state index is 6.63. The first-order chi connectivity index (χ1) is 12.3. The van der Waals surface area contributed by atoms with Crippen molar-refractivity contribution in [3.05, 3.63) is 47.9 Å². The molecule has 0 N–H and O–H groups in total. The highest BCUT2D eigenvalue weighted by Gasteiger charge is 2.51. The Kier molecular flexibility index (Phi) is 3.30. The number of rotatable bonds is 2. The number of para-hydroxylation sites is 1. The summed E-state index contributed by atoms with van der Waals surface area (Å²) in [5, 5.41) is 7.19. The predicted octanol–water partition coefficient (Wildman–Crippen LogP) is 4.49. The van der Waals surface area contributed by atoms with Crippen LogP contribution in [0.4, 0.5) is 0 Å². The number of methoxy groups -OCH3 is 1. The van der Waals surface area contributed by atoms with E-state index in [0.717, 1.165) is 47.8 Å². The van der Waals surface area contributed by atoms with E-state index in [1.807, 2.05) is 24.3 Å². The number of hydrogen-bond donors (Lipinski definition) is 0. The molecule has 5 nitrogen and oxygen atoms in total. The SMILES string of the molecule is COc1cccc2c1OC1(CCCCC1)N1N=C(c3ccco3)C[C@H]21. The molecule has 1 atom stereocenters. The quantitative estimate of drug-likeness (QED) is 0.809. The Morgan fingerprint density at radius 2 is 2.04 bits per heavy atom. The van der Waals surface area contributed by atoms with E-state index in [9.17, 15) is 0 Å². The Morgan fingerprint density at radius 1 is 1.16 bits per heavy atom. The van der Waals surface area contributed by atoms with Crippen molar-refractivity contribution >= 4 is 5.71 Å². The van der Waals surface area contributed by atoms with Crippen LogP contribution in [0.15, 0.2) is 46.1 Å². The first kappa shape index (κ1) is 14.9. The summed E-state index contributed by atoms with van der Waals surface area (Å²) >= 11 is 0. The van der Waals surface area contributed by atoms with Crippen molar-refractivity contribution in [3.8, 4) is 11.5 Å². The zero-order valence-electron chi connectivity index (χ0n) is 14.4. The molecule has 5 rings (SSSR count). The number of fused-ring (bicyclic) bond motifs is 4. The molecule has 1 spiro atoms. The Balaban J connectivity index is 1.63. The van der Waals surface area contributed by atoms with E-state index in [0.29, 0.717) is 0 Å². The minimum atomic E-state index is -0.362. The average Bonchev–Trinajstić information content (AvgIpc) is 3.32. The Labute approximate surface area is 147 Å². The van der Waals surface area contributed by atoms with Gasteiger partial charge < -0.3 is 13.9 Å². The van der Waals surface area contributed by atoms with Gasteiger partial charge in [-0.2, -0.15) is 5.10 Å². The van der Waals surface area contributed by atoms with E-state index in [2.05, 4.69) is 11.1 Å². The van der Waals surface area contributed by atoms with Crippen LogP contribution in [0.2, 0.25) is 0 Å². The summed E-state index contributed by atoms with van der Waals surface area (Å²) in [7, 11) is 1.71. The molecule has 0 amide bonds. The highest BCUT2D eigenvalue weighted by Crippen LogP contribution is 2.53. The Bertz CT molecular complexity index is 806. The number of nitrogens with zero attached hydrogens (tertiary/aromatic N) is 2. The molecular formula is C20H22N2O3. The monoisotopic (exact) mass is 338 g/mol. The van der Waals surface area contributed by atoms with Crippen LogP contribution in [0.3, 0.4) is 0 Å². The zero-order valence-corrected chi connectivity index (χ0v) is 14.4. The normalized spacial score (nSPS) is 23.6. The fourth-order valence-electron chi connectivity index (χ4n) is 4.46. The minimum Gasteiger partial charge on any atom is -0.493 e. The second-order valence-corrected chi connectivity index (χ2v) is 7.08. The molecule has 1 aromatic heterocycles. The highest BCUT2D eigenvalue weighted by molar-refractivity contribution is 5.99. The lowest BCUT2D eigenvalue weighted by molar-refractivity contribution is -0.141. The molecule has 2 aliphatic heterocycles. The molecule has 2 aromatic rings. The topological polar surface area (TPSA) is 47.2 Å². The van der Waals surface area contributed by atoms with Crippen molar-refractivity contribution in [2.24, 2.45) is 5.10 Å². The number of furan rings is 1. The van der Waals surface area contributed by atoms with Gasteiger partial charge in [0.25, 0.3) is 0 Å². The van der Waals surface area contributed by atoms with Crippen molar-refractivity contribution in [1.29, 1.82) is 0 Å². The van der Waals surface area contributed by atoms with Crippen LogP contribution >= 0.6 is 0 Å². The van der Waals surface area contributed by atoms with Gasteiger partial charge >= 0.3 is 0 Å². The summed E-state index contributed by atoms with van der Waals surface area (Å²) in [6.07, 6.45) is 8.12. The molecular weight excluding hydrogens is 316 g/mol. The van der Waals surface area contributed by atoms with Crippen LogP contribution in [-0.2, 0) is 0 Å². The highest BCUT2D eigenvalue weighted by atomic mass is 16.5. The van der Waals surface area contributed by atoms with Gasteiger partial charge in [0.2, 0.25) is 0 Å². The van der Waals surface area contributed by atoms with Gasteiger partial charge in [-0.15, -0.1) is 0 Å². The molecule has 0 radical (unpaired) electrons. The third-order valence-electron chi connectivity index (χ3n) is 5.65. The fraction of sp³-hybridized carbons (Fsp3) is 0.450. The van der Waals surface area contributed by atoms with E-state index >= 15 is 0 Å². The molecule has 1 aromatic carbocycles. The lowest BCUT2D eigenvalue weighted by Crippen LogP contribution is -2.54. The van der Waals surface area contributed by atoms with Crippen LogP contribution in [0.1, 0.15) is 55.9 Å². The molecule has 3 heterocycles. The first-order valence-corrected chi connectivity index (χ1v) is 9.07. The number of ether oxygens (including phenoxy) is 2. The molecule has 0 bridgehead atoms. The van der Waals surface area contributed by atoms with Crippen molar-refractivity contribution in [3.63, 3.8) is 0 Å². The van der Waals surface area contributed by atoms with Crippen molar-refractivity contribution in [2.45, 2.75) is 50.3 Å². The van der Waals surface area contributed by atoms with E-state index in [4.69, 9.17) is 19.0 Å². The van der Waals surface area contributed by atoms with E-state index in [1.54, 1.807) is 13.4 Å². The lowest BCUT2D eigenvalue weighted by atomic mass is 9.86. The summed E-state index contributed by atoms with van der Waals surface area (Å²) in [6, 6.07) is 10.2. The van der Waals surface area contributed by atoms with Crippen LogP contribution in [0.25, 0.3) is 0 Å². The van der Waals surface area contributed by atoms with E-state index in [1.165, 1.54) is 19.3 Å². The van der Waals surface area contributed by atoms with Gasteiger partial charge in [0.05, 0.1) is 19.4 Å². The summed E-state index contributed by atoms with van der Waals surface area (Å²) in [5.41, 5.74) is 1.79. The maximum Gasteiger partial charge on any atom is 0.198 e. The molecule has 0 unspecified atom stereocenters. The maximum atomic E-state index is 6.63. The van der Waals surface area contributed by atoms with Crippen LogP contribution < -0.4 is 9.47 Å². The summed E-state index contributed by atoms with van der Waals surface area (Å²) in [5.74, 6) is 2.56. The third-order valence-corrected chi connectivity index (χ3v) is 5.65. The molecule has 25 heavy (non-hydrogen) atoms. The first-order valence-electron chi connectivity index (χ1n) is 9.07. The number of hydrazone groups is 1. The predicted molar refractivity (Wildman–Crippen MR) is 93.9 cm³/mol. The largest absolute Gasteiger partial charge is 0.493 e. The van der Waals surface area contributed by atoms with Crippen molar-refractivity contribution < 1.29 is 13.9 Å². The van der Waals surface area contributed by atoms with Gasteiger partial charge in [-0.05, 0) is 31.0 Å². The van der Waals surface area contributed by atoms with Crippen molar-refractivity contribution in [1.82, 2.24) is 5.01 Å². The minimum absolute atomic E-state index is 0.178. The van der Waals surface area contributed by atoms with Gasteiger partial charge in [-0.1, -0.05) is 18.6 Å². The molecule has 0 saturated heterocycles. The standard InChI is InChI=1S/C20H22N2O3/c1-23-18-8-5-7-14-16-13-15(17-9-6-12-24-17)21-22(16)20(25-19(14)18)10-3-2-4-11-20/h5-9,12,16H,2-4,10-11,13H2,1H3/t16-/m1/s1. The second kappa shape index (κ2) is 5.55. The molecule has 5 heteroatoms. The van der Waals surface area contributed by atoms with Gasteiger partial charge in [0, 0.05) is 24.8 Å². The summed E-state index contributed by atoms with van der Waals surface area (Å²) < 4.78 is 17.8. The Morgan fingerprint density at radius 3 is 2.80 bits per heavy atom. The summed E-state index contributed by atoms with van der Waals surface area (Å²) in [6.45, 7) is 0. The van der Waals surface area contributed by atoms with Crippen LogP contribution in [0, 0.1) is 0 Å². The smallest absolute Gasteiger partial charge is 0.198 e. The van der Waals surface area contributed by atoms with Gasteiger partial charge in [0.15, 0.2) is 17.2 Å². The number of benzene rings is 1. The van der Waals surface area contributed by atoms with E-state index < -0.39 is 0 Å². The Hall–Kier alpha value is -2.43. The van der Waals surface area contributed by atoms with Gasteiger partial charge in [0.1, 0.15) is 11.5 Å². The average molecular weight is 338 g/mol.